The van der Waals surface area contributed by atoms with Gasteiger partial charge in [-0.3, -0.25) is 10.1 Å². The SMILES string of the molecule is CCOC(=O)C1=C(C)NC(C=Cc2cc(Cn3ccnc3)c(O)c(OC)c2)=C(C(=O)OCC)C1c1cccc([N+](=O)[O-])c1. The second-order valence-corrected chi connectivity index (χ2v) is 9.52. The van der Waals surface area contributed by atoms with Gasteiger partial charge >= 0.3 is 11.9 Å². The molecule has 2 heterocycles. The maximum absolute atomic E-state index is 13.5. The number of non-ortho nitro benzene ring substituents is 1. The van der Waals surface area contributed by atoms with Crippen LogP contribution in [0.1, 0.15) is 43.4 Å². The van der Waals surface area contributed by atoms with E-state index in [1.807, 2.05) is 0 Å². The van der Waals surface area contributed by atoms with Crippen LogP contribution in [-0.4, -0.2) is 51.8 Å². The van der Waals surface area contributed by atoms with Crippen LogP contribution in [0.5, 0.6) is 11.5 Å². The first kappa shape index (κ1) is 30.6. The largest absolute Gasteiger partial charge is 0.504 e. The van der Waals surface area contributed by atoms with Crippen LogP contribution in [-0.2, 0) is 25.6 Å². The topological polar surface area (TPSA) is 155 Å². The number of hydrogen-bond acceptors (Lipinski definition) is 10. The fourth-order valence-electron chi connectivity index (χ4n) is 4.87. The molecule has 0 fully saturated rings. The molecule has 1 unspecified atom stereocenters. The summed E-state index contributed by atoms with van der Waals surface area (Å²) in [7, 11) is 1.45. The van der Waals surface area contributed by atoms with Crippen molar-refractivity contribution in [2.24, 2.45) is 0 Å². The Hall–Kier alpha value is -5.39. The molecule has 12 nitrogen and oxygen atoms in total. The van der Waals surface area contributed by atoms with Gasteiger partial charge in [0.25, 0.3) is 5.69 Å². The number of carbonyl (C=O) groups is 2. The number of aromatic nitrogens is 2. The molecule has 1 atom stereocenters. The molecule has 43 heavy (non-hydrogen) atoms. The number of nitrogens with one attached hydrogen (secondary N) is 1. The molecule has 0 aliphatic carbocycles. The van der Waals surface area contributed by atoms with E-state index in [4.69, 9.17) is 14.2 Å². The van der Waals surface area contributed by atoms with Crippen molar-refractivity contribution < 1.29 is 33.8 Å². The second-order valence-electron chi connectivity index (χ2n) is 9.52. The van der Waals surface area contributed by atoms with E-state index in [2.05, 4.69) is 10.3 Å². The first-order chi connectivity index (χ1) is 20.7. The minimum absolute atomic E-state index is 0.0147. The number of dihydropyridines is 1. The molecule has 224 valence electrons. The number of esters is 2. The van der Waals surface area contributed by atoms with E-state index in [1.54, 1.807) is 74.4 Å². The van der Waals surface area contributed by atoms with Crippen LogP contribution >= 0.6 is 0 Å². The Bertz CT molecular complexity index is 1620. The van der Waals surface area contributed by atoms with Crippen molar-refractivity contribution >= 4 is 23.7 Å². The first-order valence-electron chi connectivity index (χ1n) is 13.5. The quantitative estimate of drug-likeness (QED) is 0.184. The van der Waals surface area contributed by atoms with E-state index >= 15 is 0 Å². The molecule has 0 amide bonds. The molecular weight excluding hydrogens is 556 g/mol. The summed E-state index contributed by atoms with van der Waals surface area (Å²) in [5.74, 6) is -2.15. The number of benzene rings is 2. The van der Waals surface area contributed by atoms with Crippen molar-refractivity contribution in [3.8, 4) is 11.5 Å². The Morgan fingerprint density at radius 2 is 1.84 bits per heavy atom. The van der Waals surface area contributed by atoms with Crippen molar-refractivity contribution in [2.75, 3.05) is 20.3 Å². The fourth-order valence-corrected chi connectivity index (χ4v) is 4.87. The Morgan fingerprint density at radius 1 is 1.12 bits per heavy atom. The highest BCUT2D eigenvalue weighted by Gasteiger charge is 2.39. The lowest BCUT2D eigenvalue weighted by molar-refractivity contribution is -0.384. The summed E-state index contributed by atoms with van der Waals surface area (Å²) in [5, 5.41) is 25.5. The average Bonchev–Trinajstić information content (AvgIpc) is 3.50. The minimum Gasteiger partial charge on any atom is -0.504 e. The highest BCUT2D eigenvalue weighted by Crippen LogP contribution is 2.41. The Morgan fingerprint density at radius 3 is 2.47 bits per heavy atom. The first-order valence-corrected chi connectivity index (χ1v) is 13.5. The van der Waals surface area contributed by atoms with Crippen LogP contribution in [0, 0.1) is 10.1 Å². The summed E-state index contributed by atoms with van der Waals surface area (Å²) in [6.07, 6.45) is 8.39. The van der Waals surface area contributed by atoms with Gasteiger partial charge in [0.15, 0.2) is 11.5 Å². The average molecular weight is 589 g/mol. The van der Waals surface area contributed by atoms with Gasteiger partial charge in [-0.2, -0.15) is 0 Å². The van der Waals surface area contributed by atoms with Gasteiger partial charge in [-0.05, 0) is 50.1 Å². The molecule has 2 N–H and O–H groups in total. The van der Waals surface area contributed by atoms with E-state index in [1.165, 1.54) is 25.3 Å². The lowest BCUT2D eigenvalue weighted by Crippen LogP contribution is -2.33. The number of nitro groups is 1. The summed E-state index contributed by atoms with van der Waals surface area (Å²) in [6, 6.07) is 9.18. The Labute approximate surface area is 248 Å². The number of nitrogens with zero attached hydrogens (tertiary/aromatic N) is 3. The monoisotopic (exact) mass is 588 g/mol. The predicted molar refractivity (Wildman–Crippen MR) is 157 cm³/mol. The number of allylic oxidation sites excluding steroid dienone is 2. The van der Waals surface area contributed by atoms with Gasteiger partial charge in [-0.25, -0.2) is 14.6 Å². The van der Waals surface area contributed by atoms with Crippen molar-refractivity contribution in [1.29, 1.82) is 0 Å². The van der Waals surface area contributed by atoms with Gasteiger partial charge in [0.1, 0.15) is 0 Å². The van der Waals surface area contributed by atoms with Gasteiger partial charge < -0.3 is 29.2 Å². The lowest BCUT2D eigenvalue weighted by atomic mass is 9.80. The van der Waals surface area contributed by atoms with Crippen molar-refractivity contribution in [3.05, 3.63) is 111 Å². The van der Waals surface area contributed by atoms with Crippen LogP contribution < -0.4 is 10.1 Å². The Kier molecular flexibility index (Phi) is 9.61. The number of carbonyl (C=O) groups excluding carboxylic acids is 2. The van der Waals surface area contributed by atoms with Crippen molar-refractivity contribution in [2.45, 2.75) is 33.2 Å². The molecule has 1 aliphatic rings. The number of ether oxygens (including phenoxy) is 3. The lowest BCUT2D eigenvalue weighted by Gasteiger charge is -2.30. The van der Waals surface area contributed by atoms with Crippen LogP contribution in [0.15, 0.2) is 83.7 Å². The van der Waals surface area contributed by atoms with Crippen LogP contribution in [0.25, 0.3) is 6.08 Å². The predicted octanol–water partition coefficient (Wildman–Crippen LogP) is 4.61. The highest BCUT2D eigenvalue weighted by molar-refractivity contribution is 6.00. The number of rotatable bonds is 11. The van der Waals surface area contributed by atoms with E-state index < -0.39 is 22.8 Å². The molecule has 4 rings (SSSR count). The number of imidazole rings is 1. The molecular formula is C31H32N4O8. The number of methoxy groups -OCH3 is 1. The van der Waals surface area contributed by atoms with E-state index in [0.29, 0.717) is 34.6 Å². The molecule has 0 radical (unpaired) electrons. The number of nitro benzene ring substituents is 1. The summed E-state index contributed by atoms with van der Waals surface area (Å²) in [5.41, 5.74) is 2.32. The van der Waals surface area contributed by atoms with Gasteiger partial charge in [-0.1, -0.05) is 18.2 Å². The highest BCUT2D eigenvalue weighted by atomic mass is 16.6. The number of phenolic OH excluding ortho intramolecular Hbond substituents is 1. The van der Waals surface area contributed by atoms with Crippen LogP contribution in [0.2, 0.25) is 0 Å². The van der Waals surface area contributed by atoms with E-state index in [-0.39, 0.29) is 41.5 Å². The van der Waals surface area contributed by atoms with Crippen molar-refractivity contribution in [1.82, 2.24) is 14.9 Å². The molecule has 3 aromatic rings. The summed E-state index contributed by atoms with van der Waals surface area (Å²) < 4.78 is 17.9. The third kappa shape index (κ3) is 6.75. The smallest absolute Gasteiger partial charge is 0.337 e. The maximum atomic E-state index is 13.5. The number of aromatic hydroxyl groups is 1. The number of phenols is 1. The van der Waals surface area contributed by atoms with Gasteiger partial charge in [0.05, 0.1) is 55.2 Å². The molecule has 1 aromatic heterocycles. The zero-order chi connectivity index (χ0) is 31.1. The molecule has 0 saturated heterocycles. The fraction of sp³-hybridized carbons (Fsp3) is 0.258. The summed E-state index contributed by atoms with van der Waals surface area (Å²) >= 11 is 0. The number of hydrogen-bond donors (Lipinski definition) is 2. The Balaban J connectivity index is 1.88. The molecule has 12 heteroatoms. The molecule has 0 bridgehead atoms. The normalized spacial score (nSPS) is 14.9. The zero-order valence-corrected chi connectivity index (χ0v) is 24.2. The summed E-state index contributed by atoms with van der Waals surface area (Å²) in [4.78, 5) is 41.8. The zero-order valence-electron chi connectivity index (χ0n) is 24.2. The standard InChI is InChI=1S/C31H32N4O8/c1-5-42-30(37)26-19(3)33-24(28(31(38)43-6-2)27(26)21-8-7-9-23(16-21)35(39)40)11-10-20-14-22(17-34-13-12-32-18-34)29(36)25(15-20)41-4/h7-16,18,27,33,36H,5-6,17H2,1-4H3. The summed E-state index contributed by atoms with van der Waals surface area (Å²) in [6.45, 7) is 5.47. The third-order valence-corrected chi connectivity index (χ3v) is 6.75. The van der Waals surface area contributed by atoms with Crippen molar-refractivity contribution in [3.63, 3.8) is 0 Å². The van der Waals surface area contributed by atoms with Crippen LogP contribution in [0.3, 0.4) is 0 Å². The van der Waals surface area contributed by atoms with Gasteiger partial charge in [0.2, 0.25) is 0 Å². The van der Waals surface area contributed by atoms with Crippen LogP contribution in [0.4, 0.5) is 5.69 Å². The molecule has 2 aromatic carbocycles. The van der Waals surface area contributed by atoms with E-state index in [0.717, 1.165) is 0 Å². The second kappa shape index (κ2) is 13.5. The third-order valence-electron chi connectivity index (χ3n) is 6.75. The van der Waals surface area contributed by atoms with E-state index in [9.17, 15) is 24.8 Å². The molecule has 0 saturated carbocycles. The molecule has 0 spiro atoms. The minimum atomic E-state index is -1.02. The molecule has 1 aliphatic heterocycles. The van der Waals surface area contributed by atoms with Gasteiger partial charge in [-0.15, -0.1) is 0 Å². The maximum Gasteiger partial charge on any atom is 0.337 e. The van der Waals surface area contributed by atoms with Gasteiger partial charge in [0, 0.05) is 41.5 Å².